The van der Waals surface area contributed by atoms with Crippen molar-refractivity contribution in [3.8, 4) is 0 Å². The molecule has 0 bridgehead atoms. The normalized spacial score (nSPS) is 24.1. The maximum atomic E-state index is 10.9. The van der Waals surface area contributed by atoms with Gasteiger partial charge in [-0.15, -0.1) is 0 Å². The van der Waals surface area contributed by atoms with Gasteiger partial charge in [-0.1, -0.05) is 0 Å². The van der Waals surface area contributed by atoms with Gasteiger partial charge < -0.3 is 5.32 Å². The van der Waals surface area contributed by atoms with Crippen LogP contribution in [0.3, 0.4) is 0 Å². The van der Waals surface area contributed by atoms with Crippen molar-refractivity contribution < 1.29 is 13.2 Å². The van der Waals surface area contributed by atoms with E-state index in [2.05, 4.69) is 10.0 Å². The third-order valence-corrected chi connectivity index (χ3v) is 2.60. The summed E-state index contributed by atoms with van der Waals surface area (Å²) < 4.78 is 23.8. The first kappa shape index (κ1) is 10.5. The minimum Gasteiger partial charge on any atom is -0.352 e. The zero-order chi connectivity index (χ0) is 9.90. The average molecular weight is 206 g/mol. The summed E-state index contributed by atoms with van der Waals surface area (Å²) in [6.45, 7) is 0.296. The number of piperidine rings is 1. The fourth-order valence-corrected chi connectivity index (χ4v) is 1.79. The lowest BCUT2D eigenvalue weighted by molar-refractivity contribution is -0.123. The van der Waals surface area contributed by atoms with Crippen LogP contribution in [-0.2, 0) is 14.8 Å². The van der Waals surface area contributed by atoms with Gasteiger partial charge in [0.05, 0.1) is 6.26 Å². The summed E-state index contributed by atoms with van der Waals surface area (Å²) in [5, 5.41) is 2.72. The number of rotatable bonds is 3. The standard InChI is InChI=1S/C7H14N2O3S/c1-13(11,12)8-5-6-3-2-4-7(10)9-6/h6,8H,2-5H2,1H3,(H,9,10)/t6-/m0/s1. The van der Waals surface area contributed by atoms with Crippen LogP contribution in [0, 0.1) is 0 Å². The molecule has 13 heavy (non-hydrogen) atoms. The van der Waals surface area contributed by atoms with Crippen molar-refractivity contribution in [3.05, 3.63) is 0 Å². The molecule has 2 N–H and O–H groups in total. The Hall–Kier alpha value is -0.620. The fourth-order valence-electron chi connectivity index (χ4n) is 1.29. The molecular weight excluding hydrogens is 192 g/mol. The number of carbonyl (C=O) groups is 1. The Labute approximate surface area is 77.9 Å². The van der Waals surface area contributed by atoms with Crippen LogP contribution < -0.4 is 10.0 Å². The highest BCUT2D eigenvalue weighted by Crippen LogP contribution is 2.07. The fraction of sp³-hybridized carbons (Fsp3) is 0.857. The molecule has 6 heteroatoms. The van der Waals surface area contributed by atoms with Gasteiger partial charge in [-0.25, -0.2) is 13.1 Å². The van der Waals surface area contributed by atoms with Gasteiger partial charge in [-0.3, -0.25) is 4.79 Å². The maximum Gasteiger partial charge on any atom is 0.220 e. The van der Waals surface area contributed by atoms with E-state index in [-0.39, 0.29) is 11.9 Å². The Balaban J connectivity index is 2.33. The Kier molecular flexibility index (Phi) is 3.27. The van der Waals surface area contributed by atoms with Gasteiger partial charge >= 0.3 is 0 Å². The number of carbonyl (C=O) groups excluding carboxylic acids is 1. The van der Waals surface area contributed by atoms with Crippen molar-refractivity contribution in [2.24, 2.45) is 0 Å². The molecule has 1 aliphatic rings. The van der Waals surface area contributed by atoms with E-state index >= 15 is 0 Å². The molecule has 0 radical (unpaired) electrons. The molecule has 1 saturated heterocycles. The first-order chi connectivity index (χ1) is 5.97. The summed E-state index contributed by atoms with van der Waals surface area (Å²) in [6.07, 6.45) is 3.34. The molecule has 1 heterocycles. The molecule has 0 aliphatic carbocycles. The Morgan fingerprint density at radius 3 is 2.85 bits per heavy atom. The first-order valence-electron chi connectivity index (χ1n) is 4.21. The zero-order valence-electron chi connectivity index (χ0n) is 7.54. The number of nitrogens with one attached hydrogen (secondary N) is 2. The number of sulfonamides is 1. The quantitative estimate of drug-likeness (QED) is 0.635. The van der Waals surface area contributed by atoms with Crippen LogP contribution in [0.5, 0.6) is 0 Å². The maximum absolute atomic E-state index is 10.9. The van der Waals surface area contributed by atoms with E-state index in [0.717, 1.165) is 19.1 Å². The van der Waals surface area contributed by atoms with E-state index in [9.17, 15) is 13.2 Å². The lowest BCUT2D eigenvalue weighted by atomic mass is 10.1. The van der Waals surface area contributed by atoms with Crippen molar-refractivity contribution in [2.45, 2.75) is 25.3 Å². The van der Waals surface area contributed by atoms with E-state index in [1.165, 1.54) is 0 Å². The molecule has 0 unspecified atom stereocenters. The molecule has 1 atom stereocenters. The number of amides is 1. The van der Waals surface area contributed by atoms with Crippen LogP contribution in [0.1, 0.15) is 19.3 Å². The molecule has 76 valence electrons. The molecule has 1 aliphatic heterocycles. The van der Waals surface area contributed by atoms with Crippen molar-refractivity contribution in [1.82, 2.24) is 10.0 Å². The van der Waals surface area contributed by atoms with Gasteiger partial charge in [0.1, 0.15) is 0 Å². The first-order valence-corrected chi connectivity index (χ1v) is 6.10. The van der Waals surface area contributed by atoms with Gasteiger partial charge in [-0.2, -0.15) is 0 Å². The van der Waals surface area contributed by atoms with E-state index in [4.69, 9.17) is 0 Å². The van der Waals surface area contributed by atoms with Crippen molar-refractivity contribution >= 4 is 15.9 Å². The Morgan fingerprint density at radius 1 is 1.62 bits per heavy atom. The molecule has 1 rings (SSSR count). The van der Waals surface area contributed by atoms with Gasteiger partial charge in [0, 0.05) is 19.0 Å². The molecule has 1 amide bonds. The molecule has 0 saturated carbocycles. The van der Waals surface area contributed by atoms with Crippen LogP contribution in [-0.4, -0.2) is 33.2 Å². The van der Waals surface area contributed by atoms with Crippen LogP contribution in [0.25, 0.3) is 0 Å². The number of hydrogen-bond donors (Lipinski definition) is 2. The van der Waals surface area contributed by atoms with Gasteiger partial charge in [0.2, 0.25) is 15.9 Å². The van der Waals surface area contributed by atoms with E-state index in [1.54, 1.807) is 0 Å². The molecule has 1 fully saturated rings. The van der Waals surface area contributed by atoms with Crippen molar-refractivity contribution in [3.63, 3.8) is 0 Å². The molecule has 0 spiro atoms. The summed E-state index contributed by atoms with van der Waals surface area (Å²) in [5.41, 5.74) is 0. The SMILES string of the molecule is CS(=O)(=O)NC[C@@H]1CCCC(=O)N1. The van der Waals surface area contributed by atoms with E-state index in [1.807, 2.05) is 0 Å². The van der Waals surface area contributed by atoms with E-state index < -0.39 is 10.0 Å². The van der Waals surface area contributed by atoms with Gasteiger partial charge in [0.25, 0.3) is 0 Å². The zero-order valence-corrected chi connectivity index (χ0v) is 8.36. The summed E-state index contributed by atoms with van der Waals surface area (Å²) >= 11 is 0. The van der Waals surface area contributed by atoms with Crippen molar-refractivity contribution in [1.29, 1.82) is 0 Å². The molecule has 5 nitrogen and oxygen atoms in total. The minimum absolute atomic E-state index is 0.00607. The highest BCUT2D eigenvalue weighted by Gasteiger charge is 2.18. The largest absolute Gasteiger partial charge is 0.352 e. The van der Waals surface area contributed by atoms with Crippen molar-refractivity contribution in [2.75, 3.05) is 12.8 Å². The smallest absolute Gasteiger partial charge is 0.220 e. The molecule has 0 aromatic heterocycles. The highest BCUT2D eigenvalue weighted by atomic mass is 32.2. The van der Waals surface area contributed by atoms with Crippen LogP contribution >= 0.6 is 0 Å². The average Bonchev–Trinajstić information content (AvgIpc) is 2.00. The Morgan fingerprint density at radius 2 is 2.31 bits per heavy atom. The predicted octanol–water partition coefficient (Wildman–Crippen LogP) is -0.796. The molecule has 0 aromatic rings. The second kappa shape index (κ2) is 4.06. The van der Waals surface area contributed by atoms with E-state index in [0.29, 0.717) is 13.0 Å². The summed E-state index contributed by atoms with van der Waals surface area (Å²) in [6, 6.07) is -0.0454. The van der Waals surface area contributed by atoms with Crippen LogP contribution in [0.4, 0.5) is 0 Å². The monoisotopic (exact) mass is 206 g/mol. The lowest BCUT2D eigenvalue weighted by Crippen LogP contribution is -2.45. The third kappa shape index (κ3) is 4.23. The highest BCUT2D eigenvalue weighted by molar-refractivity contribution is 7.88. The van der Waals surface area contributed by atoms with Gasteiger partial charge in [0.15, 0.2) is 0 Å². The number of hydrogen-bond acceptors (Lipinski definition) is 3. The minimum atomic E-state index is -3.14. The lowest BCUT2D eigenvalue weighted by Gasteiger charge is -2.22. The van der Waals surface area contributed by atoms with Crippen LogP contribution in [0.15, 0.2) is 0 Å². The van der Waals surface area contributed by atoms with Gasteiger partial charge in [-0.05, 0) is 12.8 Å². The third-order valence-electron chi connectivity index (χ3n) is 1.91. The second-order valence-electron chi connectivity index (χ2n) is 3.28. The summed E-state index contributed by atoms with van der Waals surface area (Å²) in [4.78, 5) is 10.9. The molecule has 0 aromatic carbocycles. The topological polar surface area (TPSA) is 75.3 Å². The predicted molar refractivity (Wildman–Crippen MR) is 48.6 cm³/mol. The Bertz CT molecular complexity index is 286. The summed E-state index contributed by atoms with van der Waals surface area (Å²) in [5.74, 6) is 0.00607. The second-order valence-corrected chi connectivity index (χ2v) is 5.11. The summed E-state index contributed by atoms with van der Waals surface area (Å²) in [7, 11) is -3.14. The molecular formula is C7H14N2O3S. The van der Waals surface area contributed by atoms with Crippen LogP contribution in [0.2, 0.25) is 0 Å².